The van der Waals surface area contributed by atoms with Crippen molar-refractivity contribution in [3.63, 3.8) is 0 Å². The maximum absolute atomic E-state index is 11.2. The SMILES string of the molecule is Cc1cc2c(N3CCN[C@H](C)C3)ccc([N+](=O)[O-])c2cn1. The second-order valence-corrected chi connectivity index (χ2v) is 5.53. The van der Waals surface area contributed by atoms with Gasteiger partial charge in [0.25, 0.3) is 5.69 Å². The first-order valence-electron chi connectivity index (χ1n) is 7.08. The Morgan fingerprint density at radius 2 is 2.24 bits per heavy atom. The summed E-state index contributed by atoms with van der Waals surface area (Å²) < 4.78 is 0. The van der Waals surface area contributed by atoms with Gasteiger partial charge in [0.05, 0.1) is 10.3 Å². The number of nitrogens with one attached hydrogen (secondary N) is 1. The van der Waals surface area contributed by atoms with Crippen molar-refractivity contribution in [2.24, 2.45) is 0 Å². The number of piperazine rings is 1. The van der Waals surface area contributed by atoms with Crippen molar-refractivity contribution in [1.29, 1.82) is 0 Å². The van der Waals surface area contributed by atoms with Gasteiger partial charge in [0.15, 0.2) is 0 Å². The van der Waals surface area contributed by atoms with Gasteiger partial charge >= 0.3 is 0 Å². The van der Waals surface area contributed by atoms with Crippen LogP contribution in [-0.2, 0) is 0 Å². The largest absolute Gasteiger partial charge is 0.368 e. The Morgan fingerprint density at radius 3 is 2.95 bits per heavy atom. The number of fused-ring (bicyclic) bond motifs is 1. The van der Waals surface area contributed by atoms with Crippen molar-refractivity contribution in [2.75, 3.05) is 24.5 Å². The Balaban J connectivity index is 2.17. The molecule has 0 aliphatic carbocycles. The molecule has 0 radical (unpaired) electrons. The molecule has 1 aliphatic rings. The molecule has 0 bridgehead atoms. The summed E-state index contributed by atoms with van der Waals surface area (Å²) in [6.45, 7) is 6.77. The van der Waals surface area contributed by atoms with Gasteiger partial charge in [0, 0.05) is 54.7 Å². The fraction of sp³-hybridized carbons (Fsp3) is 0.400. The number of hydrogen-bond acceptors (Lipinski definition) is 5. The minimum Gasteiger partial charge on any atom is -0.368 e. The van der Waals surface area contributed by atoms with Crippen LogP contribution >= 0.6 is 0 Å². The summed E-state index contributed by atoms with van der Waals surface area (Å²) in [5.41, 5.74) is 2.03. The molecule has 0 unspecified atom stereocenters. The maximum atomic E-state index is 11.2. The molecule has 3 rings (SSSR count). The lowest BCUT2D eigenvalue weighted by atomic mass is 10.1. The van der Waals surface area contributed by atoms with E-state index in [2.05, 4.69) is 22.1 Å². The van der Waals surface area contributed by atoms with Crippen LogP contribution in [0.3, 0.4) is 0 Å². The van der Waals surface area contributed by atoms with E-state index >= 15 is 0 Å². The minimum atomic E-state index is -0.344. The molecular formula is C15H18N4O2. The highest BCUT2D eigenvalue weighted by molar-refractivity contribution is 5.99. The number of rotatable bonds is 2. The van der Waals surface area contributed by atoms with E-state index in [1.54, 1.807) is 12.3 Å². The van der Waals surface area contributed by atoms with Crippen LogP contribution in [0, 0.1) is 17.0 Å². The van der Waals surface area contributed by atoms with Gasteiger partial charge in [-0.1, -0.05) is 0 Å². The van der Waals surface area contributed by atoms with Crippen molar-refractivity contribution in [3.8, 4) is 0 Å². The molecule has 0 spiro atoms. The molecule has 2 heterocycles. The quantitative estimate of drug-likeness (QED) is 0.677. The van der Waals surface area contributed by atoms with Gasteiger partial charge in [-0.3, -0.25) is 15.1 Å². The third-order valence-electron chi connectivity index (χ3n) is 3.90. The predicted molar refractivity (Wildman–Crippen MR) is 82.8 cm³/mol. The lowest BCUT2D eigenvalue weighted by Crippen LogP contribution is -2.49. The van der Waals surface area contributed by atoms with Crippen LogP contribution in [-0.4, -0.2) is 35.6 Å². The van der Waals surface area contributed by atoms with E-state index in [0.29, 0.717) is 11.4 Å². The minimum absolute atomic E-state index is 0.115. The monoisotopic (exact) mass is 286 g/mol. The summed E-state index contributed by atoms with van der Waals surface area (Å²) in [6, 6.07) is 5.79. The van der Waals surface area contributed by atoms with Crippen LogP contribution in [0.25, 0.3) is 10.8 Å². The van der Waals surface area contributed by atoms with Gasteiger partial charge in [-0.05, 0) is 26.0 Å². The lowest BCUT2D eigenvalue weighted by molar-refractivity contribution is -0.383. The number of nitro benzene ring substituents is 1. The summed E-state index contributed by atoms with van der Waals surface area (Å²) >= 11 is 0. The third-order valence-corrected chi connectivity index (χ3v) is 3.90. The van der Waals surface area contributed by atoms with Crippen molar-refractivity contribution in [1.82, 2.24) is 10.3 Å². The van der Waals surface area contributed by atoms with Crippen LogP contribution in [0.2, 0.25) is 0 Å². The molecule has 6 heteroatoms. The molecule has 1 aliphatic heterocycles. The van der Waals surface area contributed by atoms with E-state index in [9.17, 15) is 10.1 Å². The van der Waals surface area contributed by atoms with Crippen LogP contribution in [0.5, 0.6) is 0 Å². The number of benzene rings is 1. The fourth-order valence-electron chi connectivity index (χ4n) is 2.90. The molecule has 1 N–H and O–H groups in total. The van der Waals surface area contributed by atoms with Gasteiger partial charge in [-0.2, -0.15) is 0 Å². The molecular weight excluding hydrogens is 268 g/mol. The number of aryl methyl sites for hydroxylation is 1. The maximum Gasteiger partial charge on any atom is 0.278 e. The first-order valence-corrected chi connectivity index (χ1v) is 7.08. The molecule has 1 saturated heterocycles. The normalized spacial score (nSPS) is 19.0. The number of pyridine rings is 1. The number of aromatic nitrogens is 1. The lowest BCUT2D eigenvalue weighted by Gasteiger charge is -2.34. The van der Waals surface area contributed by atoms with E-state index < -0.39 is 0 Å². The zero-order valence-electron chi connectivity index (χ0n) is 12.2. The second-order valence-electron chi connectivity index (χ2n) is 5.53. The van der Waals surface area contributed by atoms with E-state index in [-0.39, 0.29) is 10.6 Å². The molecule has 2 aromatic rings. The highest BCUT2D eigenvalue weighted by Gasteiger charge is 2.21. The Labute approximate surface area is 122 Å². The van der Waals surface area contributed by atoms with E-state index in [4.69, 9.17) is 0 Å². The summed E-state index contributed by atoms with van der Waals surface area (Å²) in [7, 11) is 0. The molecule has 110 valence electrons. The summed E-state index contributed by atoms with van der Waals surface area (Å²) in [6.07, 6.45) is 1.61. The summed E-state index contributed by atoms with van der Waals surface area (Å²) in [4.78, 5) is 17.4. The number of nitro groups is 1. The molecule has 1 aromatic carbocycles. The van der Waals surface area contributed by atoms with Crippen molar-refractivity contribution >= 4 is 22.1 Å². The van der Waals surface area contributed by atoms with Gasteiger partial charge in [0.2, 0.25) is 0 Å². The topological polar surface area (TPSA) is 71.3 Å². The molecule has 0 amide bonds. The molecule has 1 atom stereocenters. The van der Waals surface area contributed by atoms with Crippen LogP contribution in [0.1, 0.15) is 12.6 Å². The van der Waals surface area contributed by atoms with Crippen LogP contribution < -0.4 is 10.2 Å². The second kappa shape index (κ2) is 5.29. The first kappa shape index (κ1) is 13.8. The molecule has 6 nitrogen and oxygen atoms in total. The van der Waals surface area contributed by atoms with Crippen LogP contribution in [0.4, 0.5) is 11.4 Å². The Hall–Kier alpha value is -2.21. The smallest absolute Gasteiger partial charge is 0.278 e. The van der Waals surface area contributed by atoms with Gasteiger partial charge in [-0.25, -0.2) is 0 Å². The third kappa shape index (κ3) is 2.54. The molecule has 21 heavy (non-hydrogen) atoms. The number of hydrogen-bond donors (Lipinski definition) is 1. The van der Waals surface area contributed by atoms with Gasteiger partial charge in [-0.15, -0.1) is 0 Å². The summed E-state index contributed by atoms with van der Waals surface area (Å²) in [5, 5.41) is 16.1. The van der Waals surface area contributed by atoms with E-state index in [1.807, 2.05) is 19.1 Å². The molecule has 1 aromatic heterocycles. The number of anilines is 1. The zero-order chi connectivity index (χ0) is 15.0. The Kier molecular flexibility index (Phi) is 3.47. The van der Waals surface area contributed by atoms with Crippen LogP contribution in [0.15, 0.2) is 24.4 Å². The average Bonchev–Trinajstić information content (AvgIpc) is 2.45. The first-order chi connectivity index (χ1) is 10.1. The van der Waals surface area contributed by atoms with E-state index in [0.717, 1.165) is 36.4 Å². The van der Waals surface area contributed by atoms with Crippen molar-refractivity contribution < 1.29 is 4.92 Å². The summed E-state index contributed by atoms with van der Waals surface area (Å²) in [5.74, 6) is 0. The molecule has 1 fully saturated rings. The van der Waals surface area contributed by atoms with Gasteiger partial charge in [0.1, 0.15) is 0 Å². The fourth-order valence-corrected chi connectivity index (χ4v) is 2.90. The number of nitrogens with zero attached hydrogens (tertiary/aromatic N) is 3. The number of non-ortho nitro benzene ring substituents is 1. The van der Waals surface area contributed by atoms with Crippen molar-refractivity contribution in [3.05, 3.63) is 40.2 Å². The predicted octanol–water partition coefficient (Wildman–Crippen LogP) is 2.25. The molecule has 0 saturated carbocycles. The van der Waals surface area contributed by atoms with Crippen molar-refractivity contribution in [2.45, 2.75) is 19.9 Å². The standard InChI is InChI=1S/C15H18N4O2/c1-10-7-12-13(8-17-10)15(19(20)21)4-3-14(12)18-6-5-16-11(2)9-18/h3-4,7-8,11,16H,5-6,9H2,1-2H3/t11-/m1/s1. The highest BCUT2D eigenvalue weighted by atomic mass is 16.6. The average molecular weight is 286 g/mol. The zero-order valence-corrected chi connectivity index (χ0v) is 12.2. The Morgan fingerprint density at radius 1 is 1.43 bits per heavy atom. The highest BCUT2D eigenvalue weighted by Crippen LogP contribution is 2.33. The Bertz CT molecular complexity index is 701. The van der Waals surface area contributed by atoms with Gasteiger partial charge < -0.3 is 10.2 Å². The van der Waals surface area contributed by atoms with E-state index in [1.165, 1.54) is 0 Å².